The average Bonchev–Trinajstić information content (AvgIpc) is 2.60. The standard InChI is InChI=1S/C10H20N2O2/c1-3-7(10(11)13)12-8-5-4-6-9(8)14-2/h7-9,12H,3-6H2,1-2H3,(H2,11,13). The van der Waals surface area contributed by atoms with Crippen molar-refractivity contribution in [3.63, 3.8) is 0 Å². The predicted molar refractivity (Wildman–Crippen MR) is 54.8 cm³/mol. The van der Waals surface area contributed by atoms with Gasteiger partial charge in [-0.3, -0.25) is 4.79 Å². The minimum atomic E-state index is -0.269. The Morgan fingerprint density at radius 2 is 2.36 bits per heavy atom. The van der Waals surface area contributed by atoms with E-state index in [2.05, 4.69) is 5.32 Å². The summed E-state index contributed by atoms with van der Waals surface area (Å²) in [5, 5.41) is 3.27. The molecule has 3 N–H and O–H groups in total. The highest BCUT2D eigenvalue weighted by molar-refractivity contribution is 5.79. The molecule has 0 aromatic heterocycles. The van der Waals surface area contributed by atoms with Gasteiger partial charge in [0.15, 0.2) is 0 Å². The van der Waals surface area contributed by atoms with Gasteiger partial charge in [0.05, 0.1) is 12.1 Å². The number of amides is 1. The summed E-state index contributed by atoms with van der Waals surface area (Å²) in [6, 6.07) is 0.0770. The quantitative estimate of drug-likeness (QED) is 0.675. The van der Waals surface area contributed by atoms with Gasteiger partial charge in [0.1, 0.15) is 0 Å². The fourth-order valence-electron chi connectivity index (χ4n) is 2.06. The third kappa shape index (κ3) is 2.69. The summed E-state index contributed by atoms with van der Waals surface area (Å²) in [4.78, 5) is 11.0. The lowest BCUT2D eigenvalue weighted by Crippen LogP contribution is -2.49. The first-order valence-electron chi connectivity index (χ1n) is 5.27. The van der Waals surface area contributed by atoms with Crippen molar-refractivity contribution < 1.29 is 9.53 Å². The highest BCUT2D eigenvalue weighted by Gasteiger charge is 2.29. The minimum Gasteiger partial charge on any atom is -0.380 e. The van der Waals surface area contributed by atoms with Gasteiger partial charge < -0.3 is 15.8 Å². The van der Waals surface area contributed by atoms with Gasteiger partial charge in [-0.15, -0.1) is 0 Å². The molecule has 0 bridgehead atoms. The molecule has 1 saturated carbocycles. The molecule has 1 aliphatic carbocycles. The van der Waals surface area contributed by atoms with Gasteiger partial charge >= 0.3 is 0 Å². The molecular formula is C10H20N2O2. The number of nitrogens with two attached hydrogens (primary N) is 1. The molecule has 3 atom stereocenters. The molecule has 0 spiro atoms. The smallest absolute Gasteiger partial charge is 0.234 e. The molecule has 0 saturated heterocycles. The van der Waals surface area contributed by atoms with E-state index in [1.165, 1.54) is 0 Å². The van der Waals surface area contributed by atoms with Crippen LogP contribution in [-0.4, -0.2) is 31.2 Å². The molecule has 1 amide bonds. The van der Waals surface area contributed by atoms with E-state index in [4.69, 9.17) is 10.5 Å². The summed E-state index contributed by atoms with van der Waals surface area (Å²) in [6.45, 7) is 1.96. The van der Waals surface area contributed by atoms with E-state index in [9.17, 15) is 4.79 Å². The zero-order valence-corrected chi connectivity index (χ0v) is 8.95. The van der Waals surface area contributed by atoms with Crippen LogP contribution in [0, 0.1) is 0 Å². The Labute approximate surface area is 85.2 Å². The normalized spacial score (nSPS) is 29.0. The van der Waals surface area contributed by atoms with Crippen LogP contribution in [-0.2, 0) is 9.53 Å². The van der Waals surface area contributed by atoms with Gasteiger partial charge in [-0.2, -0.15) is 0 Å². The molecule has 1 aliphatic rings. The maximum absolute atomic E-state index is 11.0. The van der Waals surface area contributed by atoms with Crippen molar-refractivity contribution >= 4 is 5.91 Å². The molecule has 1 fully saturated rings. The molecule has 82 valence electrons. The van der Waals surface area contributed by atoms with Crippen molar-refractivity contribution in [1.82, 2.24) is 5.32 Å². The van der Waals surface area contributed by atoms with Crippen LogP contribution >= 0.6 is 0 Å². The molecule has 0 radical (unpaired) electrons. The van der Waals surface area contributed by atoms with Crippen LogP contribution in [0.2, 0.25) is 0 Å². The molecule has 1 rings (SSSR count). The SMILES string of the molecule is CCC(NC1CCCC1OC)C(N)=O. The Bertz CT molecular complexity index is 197. The summed E-state index contributed by atoms with van der Waals surface area (Å²) >= 11 is 0. The number of hydrogen-bond donors (Lipinski definition) is 2. The van der Waals surface area contributed by atoms with E-state index >= 15 is 0 Å². The molecule has 3 unspecified atom stereocenters. The fraction of sp³-hybridized carbons (Fsp3) is 0.900. The van der Waals surface area contributed by atoms with Crippen molar-refractivity contribution in [3.8, 4) is 0 Å². The van der Waals surface area contributed by atoms with Crippen LogP contribution in [0.3, 0.4) is 0 Å². The monoisotopic (exact) mass is 200 g/mol. The molecular weight excluding hydrogens is 180 g/mol. The van der Waals surface area contributed by atoms with Gasteiger partial charge in [0, 0.05) is 13.2 Å². The zero-order chi connectivity index (χ0) is 10.6. The molecule has 14 heavy (non-hydrogen) atoms. The lowest BCUT2D eigenvalue weighted by molar-refractivity contribution is -0.120. The van der Waals surface area contributed by atoms with Gasteiger partial charge in [0.25, 0.3) is 0 Å². The first kappa shape index (κ1) is 11.5. The molecule has 0 heterocycles. The van der Waals surface area contributed by atoms with E-state index in [-0.39, 0.29) is 24.1 Å². The highest BCUT2D eigenvalue weighted by atomic mass is 16.5. The fourth-order valence-corrected chi connectivity index (χ4v) is 2.06. The van der Waals surface area contributed by atoms with E-state index < -0.39 is 0 Å². The Balaban J connectivity index is 2.45. The van der Waals surface area contributed by atoms with E-state index in [0.717, 1.165) is 25.7 Å². The van der Waals surface area contributed by atoms with Crippen molar-refractivity contribution in [1.29, 1.82) is 0 Å². The van der Waals surface area contributed by atoms with Gasteiger partial charge in [-0.1, -0.05) is 6.92 Å². The minimum absolute atomic E-state index is 0.212. The first-order valence-corrected chi connectivity index (χ1v) is 5.27. The first-order chi connectivity index (χ1) is 6.69. The van der Waals surface area contributed by atoms with Crippen LogP contribution in [0.4, 0.5) is 0 Å². The predicted octanol–water partition coefficient (Wildman–Crippen LogP) is 0.407. The van der Waals surface area contributed by atoms with Crippen LogP contribution in [0.1, 0.15) is 32.6 Å². The second kappa shape index (κ2) is 5.32. The van der Waals surface area contributed by atoms with E-state index in [1.54, 1.807) is 7.11 Å². The average molecular weight is 200 g/mol. The van der Waals surface area contributed by atoms with Crippen LogP contribution in [0.15, 0.2) is 0 Å². The number of hydrogen-bond acceptors (Lipinski definition) is 3. The van der Waals surface area contributed by atoms with Gasteiger partial charge in [-0.05, 0) is 25.7 Å². The molecule has 4 nitrogen and oxygen atoms in total. The van der Waals surface area contributed by atoms with Crippen LogP contribution in [0.5, 0.6) is 0 Å². The summed E-state index contributed by atoms with van der Waals surface area (Å²) in [5.74, 6) is -0.269. The lowest BCUT2D eigenvalue weighted by atomic mass is 10.1. The van der Waals surface area contributed by atoms with E-state index in [1.807, 2.05) is 6.92 Å². The Hall–Kier alpha value is -0.610. The summed E-state index contributed by atoms with van der Waals surface area (Å²) in [6.07, 6.45) is 4.28. The number of carbonyl (C=O) groups excluding carboxylic acids is 1. The summed E-state index contributed by atoms with van der Waals surface area (Å²) in [7, 11) is 1.72. The van der Waals surface area contributed by atoms with Gasteiger partial charge in [0.2, 0.25) is 5.91 Å². The lowest BCUT2D eigenvalue weighted by Gasteiger charge is -2.23. The highest BCUT2D eigenvalue weighted by Crippen LogP contribution is 2.22. The number of methoxy groups -OCH3 is 1. The van der Waals surface area contributed by atoms with E-state index in [0.29, 0.717) is 0 Å². The molecule has 0 aromatic rings. The summed E-state index contributed by atoms with van der Waals surface area (Å²) in [5.41, 5.74) is 5.27. The number of carbonyl (C=O) groups is 1. The van der Waals surface area contributed by atoms with Crippen molar-refractivity contribution in [2.24, 2.45) is 5.73 Å². The van der Waals surface area contributed by atoms with Crippen molar-refractivity contribution in [2.75, 3.05) is 7.11 Å². The Morgan fingerprint density at radius 3 is 2.86 bits per heavy atom. The maximum atomic E-state index is 11.0. The number of rotatable bonds is 5. The number of ether oxygens (including phenoxy) is 1. The topological polar surface area (TPSA) is 64.3 Å². The third-order valence-corrected chi connectivity index (χ3v) is 2.92. The Morgan fingerprint density at radius 1 is 1.64 bits per heavy atom. The second-order valence-electron chi connectivity index (χ2n) is 3.84. The van der Waals surface area contributed by atoms with Crippen LogP contribution in [0.25, 0.3) is 0 Å². The summed E-state index contributed by atoms with van der Waals surface area (Å²) < 4.78 is 5.33. The number of primary amides is 1. The van der Waals surface area contributed by atoms with Gasteiger partial charge in [-0.25, -0.2) is 0 Å². The Kier molecular flexibility index (Phi) is 4.35. The number of nitrogens with one attached hydrogen (secondary N) is 1. The molecule has 4 heteroatoms. The maximum Gasteiger partial charge on any atom is 0.234 e. The molecule has 0 aliphatic heterocycles. The molecule has 0 aromatic carbocycles. The van der Waals surface area contributed by atoms with Crippen molar-refractivity contribution in [2.45, 2.75) is 50.8 Å². The van der Waals surface area contributed by atoms with Crippen molar-refractivity contribution in [3.05, 3.63) is 0 Å². The zero-order valence-electron chi connectivity index (χ0n) is 8.95. The van der Waals surface area contributed by atoms with Crippen LogP contribution < -0.4 is 11.1 Å². The largest absolute Gasteiger partial charge is 0.380 e. The third-order valence-electron chi connectivity index (χ3n) is 2.92. The second-order valence-corrected chi connectivity index (χ2v) is 3.84.